The largest absolute Gasteiger partial charge is 0.458 e. The number of alkyl halides is 3. The Bertz CT molecular complexity index is 617. The molecule has 0 amide bonds. The highest BCUT2D eigenvalue weighted by atomic mass is 19.4. The smallest absolute Gasteiger partial charge is 0.405 e. The first-order valence-corrected chi connectivity index (χ1v) is 10.8. The second-order valence-corrected chi connectivity index (χ2v) is 11.1. The van der Waals surface area contributed by atoms with Crippen LogP contribution in [0.15, 0.2) is 0 Å². The molecular formula is C22H31F3O2. The summed E-state index contributed by atoms with van der Waals surface area (Å²) in [6.45, 7) is 3.80. The number of carbonyl (C=O) groups is 1. The highest BCUT2D eigenvalue weighted by molar-refractivity contribution is 5.79. The molecule has 2 nitrogen and oxygen atoms in total. The van der Waals surface area contributed by atoms with Crippen LogP contribution < -0.4 is 0 Å². The zero-order valence-electron chi connectivity index (χ0n) is 16.4. The molecule has 5 heteroatoms. The third-order valence-electron chi connectivity index (χ3n) is 9.38. The molecule has 6 bridgehead atoms. The van der Waals surface area contributed by atoms with Gasteiger partial charge in [0, 0.05) is 5.41 Å². The van der Waals surface area contributed by atoms with Crippen molar-refractivity contribution in [3.63, 3.8) is 0 Å². The Morgan fingerprint density at radius 3 is 1.81 bits per heavy atom. The molecule has 0 aliphatic heterocycles. The Labute approximate surface area is 159 Å². The van der Waals surface area contributed by atoms with Crippen LogP contribution in [-0.4, -0.2) is 17.7 Å². The standard InChI is InChI=1S/C22H31F3O2/c1-19(2,20-9-14-5-15(10-20)7-16(6-14)11-20)27-18(26)21(22(23,24)25)12-13-3-4-17(21)8-13/h13-17H,3-12H2,1-2H3. The zero-order chi connectivity index (χ0) is 19.2. The lowest BCUT2D eigenvalue weighted by molar-refractivity contribution is -0.263. The molecule has 3 unspecified atom stereocenters. The van der Waals surface area contributed by atoms with E-state index >= 15 is 0 Å². The summed E-state index contributed by atoms with van der Waals surface area (Å²) in [7, 11) is 0. The summed E-state index contributed by atoms with van der Waals surface area (Å²) in [5, 5.41) is 0. The third-order valence-corrected chi connectivity index (χ3v) is 9.38. The first kappa shape index (κ1) is 18.3. The SMILES string of the molecule is CC(C)(OC(=O)C1(C(F)(F)F)CC2CCC1C2)C12CC3CC(CC(C3)C1)C2. The van der Waals surface area contributed by atoms with Gasteiger partial charge in [-0.2, -0.15) is 13.2 Å². The topological polar surface area (TPSA) is 26.3 Å². The van der Waals surface area contributed by atoms with Gasteiger partial charge in [0.15, 0.2) is 5.41 Å². The van der Waals surface area contributed by atoms with Crippen LogP contribution in [0.4, 0.5) is 13.2 Å². The highest BCUT2D eigenvalue weighted by Gasteiger charge is 2.71. The Kier molecular flexibility index (Phi) is 3.69. The average molecular weight is 384 g/mol. The van der Waals surface area contributed by atoms with Gasteiger partial charge in [-0.15, -0.1) is 0 Å². The lowest BCUT2D eigenvalue weighted by atomic mass is 9.46. The number of esters is 1. The van der Waals surface area contributed by atoms with E-state index in [0.717, 1.165) is 25.7 Å². The van der Waals surface area contributed by atoms with Crippen LogP contribution in [0.25, 0.3) is 0 Å². The van der Waals surface area contributed by atoms with E-state index < -0.39 is 29.1 Å². The van der Waals surface area contributed by atoms with Gasteiger partial charge < -0.3 is 4.74 Å². The number of fused-ring (bicyclic) bond motifs is 2. The van der Waals surface area contributed by atoms with Gasteiger partial charge >= 0.3 is 12.1 Å². The lowest BCUT2D eigenvalue weighted by Gasteiger charge is -2.61. The van der Waals surface area contributed by atoms with Gasteiger partial charge in [0.25, 0.3) is 0 Å². The first-order chi connectivity index (χ1) is 12.5. The molecule has 6 fully saturated rings. The molecule has 6 saturated carbocycles. The third kappa shape index (κ3) is 2.41. The molecule has 6 aliphatic carbocycles. The van der Waals surface area contributed by atoms with Crippen LogP contribution in [0.5, 0.6) is 0 Å². The minimum atomic E-state index is -4.51. The maximum Gasteiger partial charge on any atom is 0.405 e. The molecule has 6 rings (SSSR count). The van der Waals surface area contributed by atoms with Crippen LogP contribution >= 0.6 is 0 Å². The fourth-order valence-corrected chi connectivity index (χ4v) is 8.32. The number of hydrogen-bond donors (Lipinski definition) is 0. The van der Waals surface area contributed by atoms with Crippen LogP contribution in [0.2, 0.25) is 0 Å². The molecule has 0 aromatic heterocycles. The van der Waals surface area contributed by atoms with Crippen molar-refractivity contribution in [1.82, 2.24) is 0 Å². The number of hydrogen-bond acceptors (Lipinski definition) is 2. The zero-order valence-corrected chi connectivity index (χ0v) is 16.4. The second-order valence-electron chi connectivity index (χ2n) is 11.1. The van der Waals surface area contributed by atoms with Crippen molar-refractivity contribution in [2.75, 3.05) is 0 Å². The fourth-order valence-electron chi connectivity index (χ4n) is 8.32. The normalized spacial score (nSPS) is 48.3. The Hall–Kier alpha value is -0.740. The van der Waals surface area contributed by atoms with Crippen molar-refractivity contribution in [3.05, 3.63) is 0 Å². The van der Waals surface area contributed by atoms with Gasteiger partial charge in [0.2, 0.25) is 0 Å². The molecule has 0 aromatic carbocycles. The van der Waals surface area contributed by atoms with E-state index in [9.17, 15) is 18.0 Å². The van der Waals surface area contributed by atoms with Gasteiger partial charge in [-0.25, -0.2) is 0 Å². The van der Waals surface area contributed by atoms with Crippen molar-refractivity contribution in [2.45, 2.75) is 89.8 Å². The molecule has 3 atom stereocenters. The number of rotatable bonds is 3. The number of ether oxygens (including phenoxy) is 1. The molecular weight excluding hydrogens is 353 g/mol. The van der Waals surface area contributed by atoms with E-state index in [4.69, 9.17) is 4.74 Å². The van der Waals surface area contributed by atoms with E-state index in [1.54, 1.807) is 0 Å². The van der Waals surface area contributed by atoms with Crippen LogP contribution in [0, 0.1) is 40.4 Å². The average Bonchev–Trinajstić information content (AvgIpc) is 3.13. The summed E-state index contributed by atoms with van der Waals surface area (Å²) in [4.78, 5) is 13.2. The monoisotopic (exact) mass is 384 g/mol. The summed E-state index contributed by atoms with van der Waals surface area (Å²) in [5.74, 6) is 0.506. The minimum absolute atomic E-state index is 0.0341. The van der Waals surface area contributed by atoms with Crippen LogP contribution in [0.1, 0.15) is 78.1 Å². The maximum absolute atomic E-state index is 14.2. The Balaban J connectivity index is 1.43. The fraction of sp³-hybridized carbons (Fsp3) is 0.955. The van der Waals surface area contributed by atoms with Crippen molar-refractivity contribution in [3.8, 4) is 0 Å². The lowest BCUT2D eigenvalue weighted by Crippen LogP contribution is -2.59. The summed E-state index contributed by atoms with van der Waals surface area (Å²) >= 11 is 0. The maximum atomic E-state index is 14.2. The molecule has 27 heavy (non-hydrogen) atoms. The van der Waals surface area contributed by atoms with Crippen molar-refractivity contribution >= 4 is 5.97 Å². The summed E-state index contributed by atoms with van der Waals surface area (Å²) in [6.07, 6.45) is 4.15. The summed E-state index contributed by atoms with van der Waals surface area (Å²) < 4.78 is 48.4. The van der Waals surface area contributed by atoms with E-state index in [-0.39, 0.29) is 17.8 Å². The summed E-state index contributed by atoms with van der Waals surface area (Å²) in [5.41, 5.74) is -3.20. The molecule has 0 N–H and O–H groups in total. The van der Waals surface area contributed by atoms with Crippen molar-refractivity contribution < 1.29 is 22.7 Å². The molecule has 0 heterocycles. The van der Waals surface area contributed by atoms with Crippen molar-refractivity contribution in [2.24, 2.45) is 40.4 Å². The van der Waals surface area contributed by atoms with Gasteiger partial charge in [0.1, 0.15) is 5.60 Å². The molecule has 0 saturated heterocycles. The predicted molar refractivity (Wildman–Crippen MR) is 94.7 cm³/mol. The van der Waals surface area contributed by atoms with Gasteiger partial charge in [-0.3, -0.25) is 4.79 Å². The van der Waals surface area contributed by atoms with Crippen LogP contribution in [-0.2, 0) is 9.53 Å². The second kappa shape index (κ2) is 5.44. The first-order valence-electron chi connectivity index (χ1n) is 10.8. The Morgan fingerprint density at radius 1 is 0.852 bits per heavy atom. The van der Waals surface area contributed by atoms with Gasteiger partial charge in [0.05, 0.1) is 0 Å². The number of carbonyl (C=O) groups excluding carboxylic acids is 1. The van der Waals surface area contributed by atoms with Gasteiger partial charge in [-0.1, -0.05) is 6.42 Å². The minimum Gasteiger partial charge on any atom is -0.458 e. The van der Waals surface area contributed by atoms with E-state index in [2.05, 4.69) is 0 Å². The molecule has 152 valence electrons. The Morgan fingerprint density at radius 2 is 1.41 bits per heavy atom. The molecule has 0 spiro atoms. The molecule has 6 aliphatic rings. The van der Waals surface area contributed by atoms with E-state index in [1.165, 1.54) is 19.3 Å². The van der Waals surface area contributed by atoms with Crippen LogP contribution in [0.3, 0.4) is 0 Å². The quantitative estimate of drug-likeness (QED) is 0.567. The van der Waals surface area contributed by atoms with Gasteiger partial charge in [-0.05, 0) is 101 Å². The van der Waals surface area contributed by atoms with Crippen molar-refractivity contribution in [1.29, 1.82) is 0 Å². The van der Waals surface area contributed by atoms with E-state index in [1.807, 2.05) is 13.8 Å². The summed E-state index contributed by atoms with van der Waals surface area (Å²) in [6, 6.07) is 0. The molecule has 0 radical (unpaired) electrons. The predicted octanol–water partition coefficient (Wildman–Crippen LogP) is 5.89. The molecule has 0 aromatic rings. The number of halogens is 3. The highest BCUT2D eigenvalue weighted by Crippen LogP contribution is 2.66. The van der Waals surface area contributed by atoms with E-state index in [0.29, 0.717) is 30.6 Å².